The van der Waals surface area contributed by atoms with E-state index in [1.54, 1.807) is 4.90 Å². The zero-order valence-corrected chi connectivity index (χ0v) is 11.0. The molecular weight excluding hydrogens is 224 g/mol. The van der Waals surface area contributed by atoms with Crippen LogP contribution in [0.15, 0.2) is 0 Å². The van der Waals surface area contributed by atoms with Gasteiger partial charge in [0.25, 0.3) is 0 Å². The molecule has 1 heterocycles. The number of carbonyl (C=O) groups is 1. The lowest BCUT2D eigenvalue weighted by Crippen LogP contribution is -2.37. The van der Waals surface area contributed by atoms with Crippen molar-refractivity contribution in [2.24, 2.45) is 11.7 Å². The lowest BCUT2D eigenvalue weighted by molar-refractivity contribution is 0.0151. The lowest BCUT2D eigenvalue weighted by atomic mass is 10.1. The normalized spacial score (nSPS) is 20.9. The van der Waals surface area contributed by atoms with Gasteiger partial charge in [-0.1, -0.05) is 19.1 Å². The van der Waals surface area contributed by atoms with Crippen LogP contribution < -0.4 is 5.73 Å². The fourth-order valence-corrected chi connectivity index (χ4v) is 1.72. The van der Waals surface area contributed by atoms with Crippen LogP contribution in [0.1, 0.15) is 33.6 Å². The molecule has 0 bridgehead atoms. The highest BCUT2D eigenvalue weighted by atomic mass is 32.1. The highest BCUT2D eigenvalue weighted by Gasteiger charge is 2.31. The van der Waals surface area contributed by atoms with Crippen LogP contribution in [0, 0.1) is 5.92 Å². The van der Waals surface area contributed by atoms with Crippen LogP contribution in [0.2, 0.25) is 0 Å². The molecule has 1 saturated heterocycles. The zero-order chi connectivity index (χ0) is 12.3. The summed E-state index contributed by atoms with van der Waals surface area (Å²) >= 11 is 4.93. The van der Waals surface area contributed by atoms with Crippen molar-refractivity contribution >= 4 is 23.3 Å². The Morgan fingerprint density at radius 2 is 2.25 bits per heavy atom. The summed E-state index contributed by atoms with van der Waals surface area (Å²) in [6, 6.07) is 0. The summed E-state index contributed by atoms with van der Waals surface area (Å²) in [5, 5.41) is 0. The van der Waals surface area contributed by atoms with Gasteiger partial charge in [0.15, 0.2) is 0 Å². The van der Waals surface area contributed by atoms with Crippen LogP contribution >= 0.6 is 12.2 Å². The van der Waals surface area contributed by atoms with Crippen molar-refractivity contribution in [1.29, 1.82) is 0 Å². The summed E-state index contributed by atoms with van der Waals surface area (Å²) in [5.74, 6) is 0.146. The van der Waals surface area contributed by atoms with Gasteiger partial charge in [-0.25, -0.2) is 4.79 Å². The standard InChI is InChI=1S/C11H20N2O2S/c1-4-11(2,3)15-10(14)13-6-5-8(7-13)9(12)16/h8H,4-7H2,1-3H3,(H2,12,16)/t8-/m1/s1. The Hall–Kier alpha value is -0.840. The minimum atomic E-state index is -0.404. The number of ether oxygens (including phenoxy) is 1. The monoisotopic (exact) mass is 244 g/mol. The summed E-state index contributed by atoms with van der Waals surface area (Å²) in [4.78, 5) is 14.0. The summed E-state index contributed by atoms with van der Waals surface area (Å²) in [5.41, 5.74) is 5.16. The highest BCUT2D eigenvalue weighted by Crippen LogP contribution is 2.21. The largest absolute Gasteiger partial charge is 0.443 e. The van der Waals surface area contributed by atoms with Gasteiger partial charge >= 0.3 is 6.09 Å². The van der Waals surface area contributed by atoms with Crippen molar-refractivity contribution in [2.75, 3.05) is 13.1 Å². The topological polar surface area (TPSA) is 55.6 Å². The molecule has 5 heteroatoms. The number of carbonyl (C=O) groups excluding carboxylic acids is 1. The van der Waals surface area contributed by atoms with E-state index in [0.29, 0.717) is 18.1 Å². The molecule has 0 spiro atoms. The van der Waals surface area contributed by atoms with Crippen LogP contribution in [-0.4, -0.2) is 34.7 Å². The van der Waals surface area contributed by atoms with Crippen molar-refractivity contribution in [3.05, 3.63) is 0 Å². The number of nitrogens with two attached hydrogens (primary N) is 1. The van der Waals surface area contributed by atoms with Gasteiger partial charge in [0, 0.05) is 19.0 Å². The second kappa shape index (κ2) is 4.99. The lowest BCUT2D eigenvalue weighted by Gasteiger charge is -2.26. The maximum absolute atomic E-state index is 11.8. The van der Waals surface area contributed by atoms with Gasteiger partial charge in [0.05, 0.1) is 4.99 Å². The Morgan fingerprint density at radius 1 is 1.62 bits per heavy atom. The maximum atomic E-state index is 11.8. The van der Waals surface area contributed by atoms with Crippen molar-refractivity contribution < 1.29 is 9.53 Å². The third-order valence-corrected chi connectivity index (χ3v) is 3.40. The first-order valence-electron chi connectivity index (χ1n) is 5.63. The van der Waals surface area contributed by atoms with Gasteiger partial charge in [0.1, 0.15) is 5.60 Å². The predicted molar refractivity (Wildman–Crippen MR) is 67.3 cm³/mol. The zero-order valence-electron chi connectivity index (χ0n) is 10.2. The molecule has 0 aliphatic carbocycles. The quantitative estimate of drug-likeness (QED) is 0.771. The van der Waals surface area contributed by atoms with E-state index >= 15 is 0 Å². The number of hydrogen-bond donors (Lipinski definition) is 1. The molecule has 1 fully saturated rings. The van der Waals surface area contributed by atoms with Gasteiger partial charge < -0.3 is 15.4 Å². The molecule has 16 heavy (non-hydrogen) atoms. The Kier molecular flexibility index (Phi) is 4.13. The van der Waals surface area contributed by atoms with E-state index in [1.165, 1.54) is 0 Å². The molecule has 1 rings (SSSR count). The maximum Gasteiger partial charge on any atom is 0.410 e. The number of nitrogens with zero attached hydrogens (tertiary/aromatic N) is 1. The number of amides is 1. The molecule has 0 radical (unpaired) electrons. The Labute approximate surface area is 102 Å². The number of thiocarbonyl (C=S) groups is 1. The van der Waals surface area contributed by atoms with Gasteiger partial charge in [-0.3, -0.25) is 0 Å². The first-order chi connectivity index (χ1) is 7.35. The number of rotatable bonds is 3. The van der Waals surface area contributed by atoms with E-state index in [9.17, 15) is 4.79 Å². The van der Waals surface area contributed by atoms with E-state index in [4.69, 9.17) is 22.7 Å². The number of likely N-dealkylation sites (tertiary alicyclic amines) is 1. The molecule has 0 aromatic heterocycles. The number of hydrogen-bond acceptors (Lipinski definition) is 3. The molecule has 92 valence electrons. The predicted octanol–water partition coefficient (Wildman–Crippen LogP) is 1.92. The average molecular weight is 244 g/mol. The summed E-state index contributed by atoms with van der Waals surface area (Å²) in [6.45, 7) is 7.09. The van der Waals surface area contributed by atoms with Crippen molar-refractivity contribution in [3.63, 3.8) is 0 Å². The molecule has 2 N–H and O–H groups in total. The third-order valence-electron chi connectivity index (χ3n) is 3.06. The van der Waals surface area contributed by atoms with Crippen molar-refractivity contribution in [3.8, 4) is 0 Å². The molecule has 0 aromatic rings. The summed E-state index contributed by atoms with van der Waals surface area (Å²) in [7, 11) is 0. The van der Waals surface area contributed by atoms with Crippen molar-refractivity contribution in [2.45, 2.75) is 39.2 Å². The average Bonchev–Trinajstić information content (AvgIpc) is 2.66. The van der Waals surface area contributed by atoms with Gasteiger partial charge in [-0.15, -0.1) is 0 Å². The van der Waals surface area contributed by atoms with E-state index in [2.05, 4.69) is 0 Å². The smallest absolute Gasteiger partial charge is 0.410 e. The first-order valence-corrected chi connectivity index (χ1v) is 6.04. The fourth-order valence-electron chi connectivity index (χ4n) is 1.53. The van der Waals surface area contributed by atoms with Crippen LogP contribution in [0.5, 0.6) is 0 Å². The Bertz CT molecular complexity index is 292. The molecule has 1 aliphatic rings. The molecule has 0 saturated carbocycles. The third kappa shape index (κ3) is 3.33. The minimum Gasteiger partial charge on any atom is -0.443 e. The Morgan fingerprint density at radius 3 is 2.69 bits per heavy atom. The molecule has 1 atom stereocenters. The van der Waals surface area contributed by atoms with Gasteiger partial charge in [-0.2, -0.15) is 0 Å². The Balaban J connectivity index is 2.48. The van der Waals surface area contributed by atoms with Crippen LogP contribution in [0.4, 0.5) is 4.79 Å². The fraction of sp³-hybridized carbons (Fsp3) is 0.818. The van der Waals surface area contributed by atoms with E-state index < -0.39 is 5.60 Å². The second-order valence-corrected chi connectivity index (χ2v) is 5.29. The molecule has 4 nitrogen and oxygen atoms in total. The first kappa shape index (κ1) is 13.2. The molecule has 0 aromatic carbocycles. The van der Waals surface area contributed by atoms with E-state index in [-0.39, 0.29) is 12.0 Å². The second-order valence-electron chi connectivity index (χ2n) is 4.82. The molecule has 0 unspecified atom stereocenters. The van der Waals surface area contributed by atoms with Crippen LogP contribution in [0.25, 0.3) is 0 Å². The van der Waals surface area contributed by atoms with Crippen molar-refractivity contribution in [1.82, 2.24) is 4.90 Å². The van der Waals surface area contributed by atoms with Gasteiger partial charge in [0.2, 0.25) is 0 Å². The van der Waals surface area contributed by atoms with Gasteiger partial charge in [-0.05, 0) is 26.7 Å². The summed E-state index contributed by atoms with van der Waals surface area (Å²) < 4.78 is 5.40. The molecular formula is C11H20N2O2S. The molecule has 1 amide bonds. The summed E-state index contributed by atoms with van der Waals surface area (Å²) in [6.07, 6.45) is 1.38. The van der Waals surface area contributed by atoms with Crippen LogP contribution in [-0.2, 0) is 4.74 Å². The van der Waals surface area contributed by atoms with Crippen LogP contribution in [0.3, 0.4) is 0 Å². The highest BCUT2D eigenvalue weighted by molar-refractivity contribution is 7.80. The SMILES string of the molecule is CCC(C)(C)OC(=O)N1CC[C@@H](C(N)=S)C1. The molecule has 1 aliphatic heterocycles. The van der Waals surface area contributed by atoms with E-state index in [1.807, 2.05) is 20.8 Å². The minimum absolute atomic E-state index is 0.146. The van der Waals surface area contributed by atoms with E-state index in [0.717, 1.165) is 12.8 Å².